The lowest BCUT2D eigenvalue weighted by atomic mass is 10.0. The number of nitrogens with zero attached hydrogens (tertiary/aromatic N) is 3. The van der Waals surface area contributed by atoms with E-state index in [-0.39, 0.29) is 11.3 Å². The fourth-order valence-corrected chi connectivity index (χ4v) is 3.28. The third-order valence-corrected chi connectivity index (χ3v) is 4.95. The third-order valence-electron chi connectivity index (χ3n) is 4.95. The van der Waals surface area contributed by atoms with Crippen LogP contribution < -0.4 is 5.32 Å². The van der Waals surface area contributed by atoms with Gasteiger partial charge in [0.2, 0.25) is 0 Å². The molecule has 0 saturated heterocycles. The number of alkyl halides is 3. The number of benzene rings is 2. The van der Waals surface area contributed by atoms with E-state index in [2.05, 4.69) is 15.4 Å². The van der Waals surface area contributed by atoms with E-state index in [9.17, 15) is 18.0 Å². The first-order valence-corrected chi connectivity index (χ1v) is 9.12. The number of nitrogens with one attached hydrogen (secondary N) is 1. The molecule has 8 heteroatoms. The number of fused-ring (bicyclic) bond motifs is 1. The van der Waals surface area contributed by atoms with Crippen molar-refractivity contribution in [3.63, 3.8) is 0 Å². The Morgan fingerprint density at radius 1 is 1.07 bits per heavy atom. The minimum atomic E-state index is -4.58. The zero-order valence-electron chi connectivity index (χ0n) is 16.2. The van der Waals surface area contributed by atoms with Gasteiger partial charge >= 0.3 is 6.18 Å². The number of carbonyl (C=O) groups excluding carboxylic acids is 1. The second kappa shape index (κ2) is 7.29. The summed E-state index contributed by atoms with van der Waals surface area (Å²) in [7, 11) is 1.79. The Bertz CT molecular complexity index is 1260. The smallest absolute Gasteiger partial charge is 0.321 e. The number of carbonyl (C=O) groups is 1. The van der Waals surface area contributed by atoms with Crippen molar-refractivity contribution < 1.29 is 18.0 Å². The van der Waals surface area contributed by atoms with E-state index in [1.54, 1.807) is 48.3 Å². The maximum absolute atomic E-state index is 13.3. The number of amides is 1. The summed E-state index contributed by atoms with van der Waals surface area (Å²) in [6, 6.07) is 13.5. The summed E-state index contributed by atoms with van der Waals surface area (Å²) in [5, 5.41) is 7.17. The molecule has 0 radical (unpaired) electrons. The lowest BCUT2D eigenvalue weighted by Gasteiger charge is -2.15. The molecule has 0 bridgehead atoms. The van der Waals surface area contributed by atoms with Gasteiger partial charge in [-0.2, -0.15) is 18.3 Å². The van der Waals surface area contributed by atoms with Gasteiger partial charge in [0, 0.05) is 23.7 Å². The number of anilines is 1. The van der Waals surface area contributed by atoms with Crippen molar-refractivity contribution in [3.8, 4) is 11.3 Å². The molecular weight excluding hydrogens is 393 g/mol. The second-order valence-corrected chi connectivity index (χ2v) is 6.84. The quantitative estimate of drug-likeness (QED) is 0.504. The van der Waals surface area contributed by atoms with Crippen LogP contribution in [0, 0.1) is 6.92 Å². The van der Waals surface area contributed by atoms with Crippen LogP contribution in [-0.4, -0.2) is 20.7 Å². The maximum Gasteiger partial charge on any atom is 0.418 e. The molecule has 5 nitrogen and oxygen atoms in total. The molecule has 4 rings (SSSR count). The molecule has 4 aromatic rings. The first-order chi connectivity index (χ1) is 14.3. The largest absolute Gasteiger partial charge is 0.418 e. The van der Waals surface area contributed by atoms with E-state index in [1.165, 1.54) is 18.2 Å². The number of aryl methyl sites for hydroxylation is 1. The molecule has 2 aromatic carbocycles. The van der Waals surface area contributed by atoms with Gasteiger partial charge in [-0.3, -0.25) is 9.48 Å². The Morgan fingerprint density at radius 3 is 2.47 bits per heavy atom. The average molecular weight is 410 g/mol. The molecule has 30 heavy (non-hydrogen) atoms. The van der Waals surface area contributed by atoms with Crippen molar-refractivity contribution in [3.05, 3.63) is 77.6 Å². The molecule has 152 valence electrons. The Balaban J connectivity index is 1.83. The van der Waals surface area contributed by atoms with Crippen LogP contribution in [0.4, 0.5) is 18.9 Å². The van der Waals surface area contributed by atoms with E-state index in [4.69, 9.17) is 0 Å². The Kier molecular flexibility index (Phi) is 4.77. The fourth-order valence-electron chi connectivity index (χ4n) is 3.28. The summed E-state index contributed by atoms with van der Waals surface area (Å²) in [5.74, 6) is -0.645. The lowest BCUT2D eigenvalue weighted by Crippen LogP contribution is -2.17. The minimum Gasteiger partial charge on any atom is -0.321 e. The van der Waals surface area contributed by atoms with Crippen molar-refractivity contribution in [2.45, 2.75) is 13.1 Å². The Morgan fingerprint density at radius 2 is 1.77 bits per heavy atom. The van der Waals surface area contributed by atoms with Crippen LogP contribution in [0.25, 0.3) is 22.2 Å². The van der Waals surface area contributed by atoms with Crippen molar-refractivity contribution in [1.29, 1.82) is 0 Å². The van der Waals surface area contributed by atoms with E-state index in [0.29, 0.717) is 16.6 Å². The van der Waals surface area contributed by atoms with Crippen LogP contribution >= 0.6 is 0 Å². The zero-order valence-corrected chi connectivity index (χ0v) is 16.2. The summed E-state index contributed by atoms with van der Waals surface area (Å²) in [6.45, 7) is 1.87. The van der Waals surface area contributed by atoms with Gasteiger partial charge in [-0.15, -0.1) is 0 Å². The lowest BCUT2D eigenvalue weighted by molar-refractivity contribution is -0.136. The van der Waals surface area contributed by atoms with E-state index < -0.39 is 17.6 Å². The number of aromatic nitrogens is 3. The van der Waals surface area contributed by atoms with E-state index in [0.717, 1.165) is 17.3 Å². The predicted octanol–water partition coefficient (Wildman–Crippen LogP) is 5.21. The summed E-state index contributed by atoms with van der Waals surface area (Å²) in [4.78, 5) is 17.7. The van der Waals surface area contributed by atoms with E-state index >= 15 is 0 Å². The number of para-hydroxylation sites is 2. The van der Waals surface area contributed by atoms with Crippen molar-refractivity contribution in [1.82, 2.24) is 14.8 Å². The number of pyridine rings is 1. The highest BCUT2D eigenvalue weighted by Crippen LogP contribution is 2.35. The maximum atomic E-state index is 13.3. The van der Waals surface area contributed by atoms with Crippen molar-refractivity contribution in [2.75, 3.05) is 5.32 Å². The highest BCUT2D eigenvalue weighted by Gasteiger charge is 2.33. The topological polar surface area (TPSA) is 59.8 Å². The summed E-state index contributed by atoms with van der Waals surface area (Å²) >= 11 is 0. The van der Waals surface area contributed by atoms with Crippen LogP contribution in [0.15, 0.2) is 60.8 Å². The summed E-state index contributed by atoms with van der Waals surface area (Å²) < 4.78 is 41.6. The van der Waals surface area contributed by atoms with Gasteiger partial charge in [0.15, 0.2) is 0 Å². The van der Waals surface area contributed by atoms with Gasteiger partial charge in [-0.05, 0) is 31.2 Å². The Labute approximate surface area is 170 Å². The first-order valence-electron chi connectivity index (χ1n) is 9.12. The fraction of sp³-hybridized carbons (Fsp3) is 0.136. The molecule has 0 aliphatic rings. The molecule has 0 atom stereocenters. The van der Waals surface area contributed by atoms with Gasteiger partial charge in [0.05, 0.1) is 34.2 Å². The van der Waals surface area contributed by atoms with Crippen LogP contribution in [-0.2, 0) is 13.2 Å². The van der Waals surface area contributed by atoms with Crippen LogP contribution in [0.2, 0.25) is 0 Å². The molecule has 0 spiro atoms. The molecule has 2 aromatic heterocycles. The summed E-state index contributed by atoms with van der Waals surface area (Å²) in [6.07, 6.45) is -2.94. The van der Waals surface area contributed by atoms with Gasteiger partial charge in [-0.1, -0.05) is 30.3 Å². The van der Waals surface area contributed by atoms with Crippen molar-refractivity contribution in [2.24, 2.45) is 7.05 Å². The predicted molar refractivity (Wildman–Crippen MR) is 108 cm³/mol. The minimum absolute atomic E-state index is 0.232. The molecule has 1 amide bonds. The normalized spacial score (nSPS) is 11.6. The van der Waals surface area contributed by atoms with Gasteiger partial charge < -0.3 is 5.32 Å². The van der Waals surface area contributed by atoms with Crippen LogP contribution in [0.5, 0.6) is 0 Å². The highest BCUT2D eigenvalue weighted by atomic mass is 19.4. The van der Waals surface area contributed by atoms with Gasteiger partial charge in [-0.25, -0.2) is 4.98 Å². The number of halogens is 3. The van der Waals surface area contributed by atoms with Crippen LogP contribution in [0.3, 0.4) is 0 Å². The standard InChI is InChI=1S/C22H17F3N4O/c1-13-16(12-26-29(13)2)20-11-15(14-7-3-5-9-18(14)27-20)21(30)28-19-10-6-4-8-17(19)22(23,24)25/h3-12H,1-2H3,(H,28,30). The second-order valence-electron chi connectivity index (χ2n) is 6.84. The molecular formula is C22H17F3N4O. The SMILES string of the molecule is Cc1c(-c2cc(C(=O)Nc3ccccc3C(F)(F)F)c3ccccc3n2)cnn1C. The first kappa shape index (κ1) is 19.6. The molecule has 0 aliphatic carbocycles. The van der Waals surface area contributed by atoms with E-state index in [1.807, 2.05) is 6.92 Å². The number of hydrogen-bond donors (Lipinski definition) is 1. The monoisotopic (exact) mass is 410 g/mol. The molecule has 0 unspecified atom stereocenters. The average Bonchev–Trinajstić information content (AvgIpc) is 3.05. The molecule has 0 saturated carbocycles. The van der Waals surface area contributed by atoms with Crippen LogP contribution in [0.1, 0.15) is 21.6 Å². The molecule has 0 aliphatic heterocycles. The number of rotatable bonds is 3. The highest BCUT2D eigenvalue weighted by molar-refractivity contribution is 6.13. The third kappa shape index (κ3) is 3.52. The Hall–Kier alpha value is -3.68. The molecule has 0 fully saturated rings. The summed E-state index contributed by atoms with van der Waals surface area (Å²) in [5.41, 5.74) is 1.71. The van der Waals surface area contributed by atoms with Gasteiger partial charge in [0.1, 0.15) is 0 Å². The number of hydrogen-bond acceptors (Lipinski definition) is 3. The zero-order chi connectivity index (χ0) is 21.5. The van der Waals surface area contributed by atoms with Gasteiger partial charge in [0.25, 0.3) is 5.91 Å². The van der Waals surface area contributed by atoms with Crippen molar-refractivity contribution >= 4 is 22.5 Å². The molecule has 1 N–H and O–H groups in total. The molecule has 2 heterocycles.